The highest BCUT2D eigenvalue weighted by molar-refractivity contribution is 9.10. The van der Waals surface area contributed by atoms with Gasteiger partial charge in [0.1, 0.15) is 5.69 Å². The lowest BCUT2D eigenvalue weighted by atomic mass is 9.92. The Morgan fingerprint density at radius 1 is 1.24 bits per heavy atom. The maximum absolute atomic E-state index is 13.1. The van der Waals surface area contributed by atoms with Crippen LogP contribution < -0.4 is 0 Å². The zero-order valence-corrected chi connectivity index (χ0v) is 14.7. The van der Waals surface area contributed by atoms with Crippen LogP contribution in [0.1, 0.15) is 27.7 Å². The van der Waals surface area contributed by atoms with Crippen molar-refractivity contribution in [2.75, 3.05) is 6.54 Å². The number of carbonyl (C=O) groups excluding carboxylic acids is 1. The largest absolute Gasteiger partial charge is 0.479 e. The molecular formula is C18H14BrN3O3. The summed E-state index contributed by atoms with van der Waals surface area (Å²) in [5.74, 6) is -1.35. The fourth-order valence-electron chi connectivity index (χ4n) is 3.34. The third kappa shape index (κ3) is 2.60. The van der Waals surface area contributed by atoms with E-state index in [0.717, 1.165) is 15.6 Å². The van der Waals surface area contributed by atoms with E-state index in [-0.39, 0.29) is 5.91 Å². The first kappa shape index (κ1) is 15.8. The molecule has 2 aromatic heterocycles. The topological polar surface area (TPSA) is 74.9 Å². The zero-order chi connectivity index (χ0) is 17.6. The second-order valence-corrected chi connectivity index (χ2v) is 6.85. The molecule has 0 saturated carbocycles. The van der Waals surface area contributed by atoms with Gasteiger partial charge in [0, 0.05) is 11.0 Å². The van der Waals surface area contributed by atoms with E-state index in [2.05, 4.69) is 20.9 Å². The van der Waals surface area contributed by atoms with Crippen LogP contribution in [0.4, 0.5) is 0 Å². The zero-order valence-electron chi connectivity index (χ0n) is 13.1. The maximum atomic E-state index is 13.1. The molecule has 3 aromatic rings. The van der Waals surface area contributed by atoms with Crippen LogP contribution in [0.3, 0.4) is 0 Å². The summed E-state index contributed by atoms with van der Waals surface area (Å²) in [5.41, 5.74) is 2.80. The molecule has 1 N–H and O–H groups in total. The molecule has 0 fully saturated rings. The van der Waals surface area contributed by atoms with Gasteiger partial charge in [0.15, 0.2) is 6.04 Å². The lowest BCUT2D eigenvalue weighted by Gasteiger charge is -2.35. The van der Waals surface area contributed by atoms with Crippen LogP contribution in [-0.4, -0.2) is 37.8 Å². The fraction of sp³-hybridized carbons (Fsp3) is 0.167. The summed E-state index contributed by atoms with van der Waals surface area (Å²) in [6.45, 7) is 0.357. The van der Waals surface area contributed by atoms with Gasteiger partial charge < -0.3 is 10.0 Å². The van der Waals surface area contributed by atoms with Crippen LogP contribution in [0.25, 0.3) is 5.52 Å². The Morgan fingerprint density at radius 2 is 2.08 bits per heavy atom. The summed E-state index contributed by atoms with van der Waals surface area (Å²) >= 11 is 3.39. The molecule has 0 aliphatic carbocycles. The number of pyridine rings is 1. The molecule has 1 aliphatic heterocycles. The van der Waals surface area contributed by atoms with Crippen molar-refractivity contribution in [3.63, 3.8) is 0 Å². The van der Waals surface area contributed by atoms with E-state index in [4.69, 9.17) is 0 Å². The summed E-state index contributed by atoms with van der Waals surface area (Å²) in [5, 5.41) is 9.79. The maximum Gasteiger partial charge on any atom is 0.331 e. The quantitative estimate of drug-likeness (QED) is 0.718. The molecule has 1 amide bonds. The average molecular weight is 400 g/mol. The standard InChI is InChI=1S/C18H14BrN3O3/c19-12-5-4-11-6-7-21(16(18(24)25)14(11)8-12)17(23)15-3-1-2-13-9-20-10-22(13)15/h1-5,8-10,16H,6-7H2,(H,24,25). The van der Waals surface area contributed by atoms with Gasteiger partial charge in [0.05, 0.1) is 18.0 Å². The molecule has 6 nitrogen and oxygen atoms in total. The SMILES string of the molecule is O=C(O)C1c2cc(Br)ccc2CCN1C(=O)c1cccc2cncn12. The second-order valence-electron chi connectivity index (χ2n) is 5.93. The van der Waals surface area contributed by atoms with Crippen LogP contribution in [-0.2, 0) is 11.2 Å². The van der Waals surface area contributed by atoms with Crippen molar-refractivity contribution < 1.29 is 14.7 Å². The van der Waals surface area contributed by atoms with Gasteiger partial charge >= 0.3 is 5.97 Å². The summed E-state index contributed by atoms with van der Waals surface area (Å²) in [4.78, 5) is 30.6. The molecule has 0 radical (unpaired) electrons. The lowest BCUT2D eigenvalue weighted by Crippen LogP contribution is -2.44. The molecule has 4 rings (SSSR count). The first-order valence-electron chi connectivity index (χ1n) is 7.79. The summed E-state index contributed by atoms with van der Waals surface area (Å²) < 4.78 is 2.47. The third-order valence-corrected chi connectivity index (χ3v) is 4.99. The number of halogens is 1. The van der Waals surface area contributed by atoms with Gasteiger partial charge in [-0.25, -0.2) is 9.78 Å². The van der Waals surface area contributed by atoms with E-state index in [1.165, 1.54) is 4.90 Å². The predicted octanol–water partition coefficient (Wildman–Crippen LogP) is 2.92. The molecular weight excluding hydrogens is 386 g/mol. The minimum absolute atomic E-state index is 0.318. The Morgan fingerprint density at radius 3 is 2.88 bits per heavy atom. The number of aliphatic carboxylic acids is 1. The molecule has 1 unspecified atom stereocenters. The van der Waals surface area contributed by atoms with Gasteiger partial charge in [-0.1, -0.05) is 28.1 Å². The number of carbonyl (C=O) groups is 2. The van der Waals surface area contributed by atoms with Gasteiger partial charge in [-0.3, -0.25) is 9.20 Å². The van der Waals surface area contributed by atoms with E-state index in [1.54, 1.807) is 35.1 Å². The number of rotatable bonds is 2. The van der Waals surface area contributed by atoms with Gasteiger partial charge in [-0.05, 0) is 41.8 Å². The van der Waals surface area contributed by atoms with Gasteiger partial charge in [0.2, 0.25) is 0 Å². The van der Waals surface area contributed by atoms with Crippen molar-refractivity contribution in [1.29, 1.82) is 0 Å². The number of carboxylic acid groups (broad SMARTS) is 1. The molecule has 7 heteroatoms. The minimum Gasteiger partial charge on any atom is -0.479 e. The van der Waals surface area contributed by atoms with Gasteiger partial charge in [-0.2, -0.15) is 0 Å². The Balaban J connectivity index is 1.80. The minimum atomic E-state index is -1.04. The Kier molecular flexibility index (Phi) is 3.80. The number of hydrogen-bond donors (Lipinski definition) is 1. The average Bonchev–Trinajstić information content (AvgIpc) is 3.08. The number of aromatic nitrogens is 2. The monoisotopic (exact) mass is 399 g/mol. The van der Waals surface area contributed by atoms with Crippen molar-refractivity contribution >= 4 is 33.3 Å². The Bertz CT molecular complexity index is 998. The molecule has 0 spiro atoms. The smallest absolute Gasteiger partial charge is 0.331 e. The summed E-state index contributed by atoms with van der Waals surface area (Å²) in [6.07, 6.45) is 3.85. The molecule has 0 saturated heterocycles. The van der Waals surface area contributed by atoms with Crippen molar-refractivity contribution in [3.8, 4) is 0 Å². The van der Waals surface area contributed by atoms with E-state index in [1.807, 2.05) is 18.2 Å². The number of hydrogen-bond acceptors (Lipinski definition) is 3. The lowest BCUT2D eigenvalue weighted by molar-refractivity contribution is -0.143. The van der Waals surface area contributed by atoms with Crippen LogP contribution in [0, 0.1) is 0 Å². The molecule has 126 valence electrons. The second kappa shape index (κ2) is 6.00. The Hall–Kier alpha value is -2.67. The highest BCUT2D eigenvalue weighted by atomic mass is 79.9. The van der Waals surface area contributed by atoms with Gasteiger partial charge in [-0.15, -0.1) is 0 Å². The summed E-state index contributed by atoms with van der Waals surface area (Å²) in [7, 11) is 0. The number of fused-ring (bicyclic) bond motifs is 2. The van der Waals surface area contributed by atoms with Crippen LogP contribution in [0.15, 0.2) is 53.4 Å². The molecule has 3 heterocycles. The normalized spacial score (nSPS) is 16.7. The molecule has 1 aromatic carbocycles. The van der Waals surface area contributed by atoms with Crippen molar-refractivity contribution in [2.24, 2.45) is 0 Å². The third-order valence-electron chi connectivity index (χ3n) is 4.50. The Labute approximate surface area is 151 Å². The first-order valence-corrected chi connectivity index (χ1v) is 8.59. The highest BCUT2D eigenvalue weighted by Gasteiger charge is 2.37. The van der Waals surface area contributed by atoms with Crippen molar-refractivity contribution in [1.82, 2.24) is 14.3 Å². The molecule has 1 aliphatic rings. The van der Waals surface area contributed by atoms with Crippen LogP contribution >= 0.6 is 15.9 Å². The van der Waals surface area contributed by atoms with E-state index in [0.29, 0.717) is 24.2 Å². The number of nitrogens with zero attached hydrogens (tertiary/aromatic N) is 3. The van der Waals surface area contributed by atoms with Crippen molar-refractivity contribution in [3.05, 3.63) is 70.2 Å². The van der Waals surface area contributed by atoms with E-state index in [9.17, 15) is 14.7 Å². The molecule has 1 atom stereocenters. The molecule has 0 bridgehead atoms. The number of benzene rings is 1. The fourth-order valence-corrected chi connectivity index (χ4v) is 3.72. The highest BCUT2D eigenvalue weighted by Crippen LogP contribution is 2.33. The van der Waals surface area contributed by atoms with E-state index >= 15 is 0 Å². The number of carboxylic acids is 1. The number of imidazole rings is 1. The number of amides is 1. The van der Waals surface area contributed by atoms with E-state index < -0.39 is 12.0 Å². The summed E-state index contributed by atoms with van der Waals surface area (Å²) in [6, 6.07) is 9.88. The molecule has 25 heavy (non-hydrogen) atoms. The first-order chi connectivity index (χ1) is 12.1. The van der Waals surface area contributed by atoms with Gasteiger partial charge in [0.25, 0.3) is 5.91 Å². The van der Waals surface area contributed by atoms with Crippen molar-refractivity contribution in [2.45, 2.75) is 12.5 Å². The van der Waals surface area contributed by atoms with Crippen LogP contribution in [0.5, 0.6) is 0 Å². The van der Waals surface area contributed by atoms with Crippen LogP contribution in [0.2, 0.25) is 0 Å². The predicted molar refractivity (Wildman–Crippen MR) is 94.5 cm³/mol.